The third-order valence-electron chi connectivity index (χ3n) is 1.30. The highest BCUT2D eigenvalue weighted by atomic mass is 28.2. The number of ether oxygens (including phenoxy) is 1. The lowest BCUT2D eigenvalue weighted by atomic mass is 10.2. The van der Waals surface area contributed by atoms with Crippen LogP contribution in [-0.2, 0) is 18.8 Å². The zero-order valence-corrected chi connectivity index (χ0v) is 9.96. The molecule has 0 aliphatic carbocycles. The highest BCUT2D eigenvalue weighted by Gasteiger charge is 2.11. The lowest BCUT2D eigenvalue weighted by Crippen LogP contribution is -2.12. The van der Waals surface area contributed by atoms with Gasteiger partial charge in [-0.3, -0.25) is 4.79 Å². The molecule has 5 heteroatoms. The lowest BCUT2D eigenvalue weighted by molar-refractivity contribution is -0.144. The molecule has 0 aromatic carbocycles. The molecule has 0 aliphatic rings. The topological polar surface area (TPSA) is 52.6 Å². The molecule has 0 saturated carbocycles. The Morgan fingerprint density at radius 3 is 2.54 bits per heavy atom. The second-order valence-electron chi connectivity index (χ2n) is 2.49. The van der Waals surface area contributed by atoms with Crippen LogP contribution in [0.1, 0.15) is 19.8 Å². The summed E-state index contributed by atoms with van der Waals surface area (Å²) in [5, 5.41) is 0. The fourth-order valence-corrected chi connectivity index (χ4v) is 0.946. The van der Waals surface area contributed by atoms with E-state index in [1.807, 2.05) is 6.92 Å². The molecule has 74 valence electrons. The molecule has 0 aliphatic heterocycles. The quantitative estimate of drug-likeness (QED) is 0.349. The van der Waals surface area contributed by atoms with Gasteiger partial charge in [0.15, 0.2) is 0 Å². The smallest absolute Gasteiger partial charge is 0.319 e. The Kier molecular flexibility index (Phi) is 5.87. The van der Waals surface area contributed by atoms with Gasteiger partial charge in [-0.05, 0) is 6.42 Å². The van der Waals surface area contributed by atoms with Gasteiger partial charge in [-0.25, -0.2) is 4.79 Å². The van der Waals surface area contributed by atoms with Gasteiger partial charge >= 0.3 is 11.9 Å². The van der Waals surface area contributed by atoms with E-state index in [1.165, 1.54) is 0 Å². The standard InChI is InChI=1S/C8H14O4Si/c1-3-4-11-7(9)5-6(2)8(10)12-13/h2-5H2,1,13H3. The average Bonchev–Trinajstić information content (AvgIpc) is 2.13. The monoisotopic (exact) mass is 202 g/mol. The molecule has 13 heavy (non-hydrogen) atoms. The number of hydrogen-bond donors (Lipinski definition) is 0. The number of carbonyl (C=O) groups is 2. The molecular weight excluding hydrogens is 188 g/mol. The van der Waals surface area contributed by atoms with Crippen LogP contribution in [0.4, 0.5) is 0 Å². The van der Waals surface area contributed by atoms with Crippen LogP contribution in [0.3, 0.4) is 0 Å². The molecule has 0 fully saturated rings. The van der Waals surface area contributed by atoms with Crippen LogP contribution < -0.4 is 0 Å². The summed E-state index contributed by atoms with van der Waals surface area (Å²) >= 11 is 0. The molecule has 0 unspecified atom stereocenters. The SMILES string of the molecule is C=C(CC(=O)OCCC)C(=O)O[SiH3]. The Labute approximate surface area is 80.4 Å². The predicted octanol–water partition coefficient (Wildman–Crippen LogP) is -0.291. The summed E-state index contributed by atoms with van der Waals surface area (Å²) < 4.78 is 9.27. The fraction of sp³-hybridized carbons (Fsp3) is 0.500. The van der Waals surface area contributed by atoms with Crippen molar-refractivity contribution in [3.63, 3.8) is 0 Å². The predicted molar refractivity (Wildman–Crippen MR) is 51.0 cm³/mol. The first-order valence-corrected chi connectivity index (χ1v) is 4.85. The van der Waals surface area contributed by atoms with Crippen LogP contribution >= 0.6 is 0 Å². The lowest BCUT2D eigenvalue weighted by Gasteiger charge is -2.04. The van der Waals surface area contributed by atoms with Crippen molar-refractivity contribution < 1.29 is 18.8 Å². The molecule has 0 aromatic rings. The van der Waals surface area contributed by atoms with E-state index in [0.717, 1.165) is 6.42 Å². The molecule has 0 radical (unpaired) electrons. The molecular formula is C8H14O4Si. The highest BCUT2D eigenvalue weighted by molar-refractivity contribution is 6.09. The summed E-state index contributed by atoms with van der Waals surface area (Å²) in [7, 11) is 0.312. The number of esters is 1. The van der Waals surface area contributed by atoms with Gasteiger partial charge in [0.2, 0.25) is 10.5 Å². The van der Waals surface area contributed by atoms with Gasteiger partial charge in [-0.15, -0.1) is 0 Å². The van der Waals surface area contributed by atoms with Crippen molar-refractivity contribution in [2.24, 2.45) is 0 Å². The summed E-state index contributed by atoms with van der Waals surface area (Å²) in [6.45, 7) is 5.69. The van der Waals surface area contributed by atoms with Gasteiger partial charge in [-0.1, -0.05) is 13.5 Å². The molecule has 0 atom stereocenters. The second-order valence-corrected chi connectivity index (χ2v) is 2.90. The largest absolute Gasteiger partial charge is 0.526 e. The molecule has 0 heterocycles. The molecule has 0 bridgehead atoms. The van der Waals surface area contributed by atoms with Crippen LogP contribution in [0.2, 0.25) is 0 Å². The first-order valence-electron chi connectivity index (χ1n) is 4.03. The Morgan fingerprint density at radius 2 is 2.08 bits per heavy atom. The van der Waals surface area contributed by atoms with Crippen LogP contribution in [0.15, 0.2) is 12.2 Å². The molecule has 0 aromatic heterocycles. The van der Waals surface area contributed by atoms with E-state index in [0.29, 0.717) is 17.1 Å². The maximum Gasteiger partial charge on any atom is 0.319 e. The minimum absolute atomic E-state index is 0.0823. The minimum Gasteiger partial charge on any atom is -0.526 e. The Hall–Kier alpha value is -1.10. The van der Waals surface area contributed by atoms with Crippen molar-refractivity contribution in [3.8, 4) is 0 Å². The van der Waals surface area contributed by atoms with Crippen molar-refractivity contribution in [1.82, 2.24) is 0 Å². The van der Waals surface area contributed by atoms with Gasteiger partial charge in [0.1, 0.15) is 0 Å². The summed E-state index contributed by atoms with van der Waals surface area (Å²) in [6.07, 6.45) is 0.685. The Balaban J connectivity index is 3.78. The molecule has 0 amide bonds. The average molecular weight is 202 g/mol. The third-order valence-corrected chi connectivity index (χ3v) is 1.67. The minimum atomic E-state index is -0.514. The van der Waals surface area contributed by atoms with Crippen LogP contribution in [0, 0.1) is 0 Å². The Bertz CT molecular complexity index is 212. The zero-order chi connectivity index (χ0) is 10.3. The number of hydrogen-bond acceptors (Lipinski definition) is 4. The van der Waals surface area contributed by atoms with E-state index in [2.05, 4.69) is 11.0 Å². The maximum absolute atomic E-state index is 11.0. The van der Waals surface area contributed by atoms with E-state index in [4.69, 9.17) is 4.74 Å². The first-order chi connectivity index (χ1) is 6.11. The van der Waals surface area contributed by atoms with Crippen LogP contribution in [-0.4, -0.2) is 29.0 Å². The van der Waals surface area contributed by atoms with Crippen LogP contribution in [0.25, 0.3) is 0 Å². The van der Waals surface area contributed by atoms with Crippen LogP contribution in [0.5, 0.6) is 0 Å². The molecule has 0 saturated heterocycles. The molecule has 4 nitrogen and oxygen atoms in total. The maximum atomic E-state index is 11.0. The second kappa shape index (κ2) is 6.42. The highest BCUT2D eigenvalue weighted by Crippen LogP contribution is 2.02. The van der Waals surface area contributed by atoms with Crippen molar-refractivity contribution in [2.75, 3.05) is 6.61 Å². The zero-order valence-electron chi connectivity index (χ0n) is 7.96. The van der Waals surface area contributed by atoms with E-state index in [1.54, 1.807) is 0 Å². The van der Waals surface area contributed by atoms with Crippen molar-refractivity contribution in [3.05, 3.63) is 12.2 Å². The van der Waals surface area contributed by atoms with Crippen molar-refractivity contribution in [2.45, 2.75) is 19.8 Å². The fourth-order valence-electron chi connectivity index (χ4n) is 0.658. The van der Waals surface area contributed by atoms with Gasteiger partial charge in [0.25, 0.3) is 0 Å². The van der Waals surface area contributed by atoms with Gasteiger partial charge < -0.3 is 9.16 Å². The molecule has 0 rings (SSSR count). The van der Waals surface area contributed by atoms with E-state index in [9.17, 15) is 9.59 Å². The van der Waals surface area contributed by atoms with Gasteiger partial charge in [0, 0.05) is 5.57 Å². The van der Waals surface area contributed by atoms with Crippen molar-refractivity contribution >= 4 is 22.4 Å². The summed E-state index contributed by atoms with van der Waals surface area (Å²) in [6, 6.07) is 0. The first kappa shape index (κ1) is 11.9. The Morgan fingerprint density at radius 1 is 1.46 bits per heavy atom. The number of carbonyl (C=O) groups excluding carboxylic acids is 2. The summed E-state index contributed by atoms with van der Waals surface area (Å²) in [4.78, 5) is 21.8. The number of rotatable bonds is 5. The van der Waals surface area contributed by atoms with Gasteiger partial charge in [0.05, 0.1) is 13.0 Å². The van der Waals surface area contributed by atoms with Gasteiger partial charge in [-0.2, -0.15) is 0 Å². The third kappa shape index (κ3) is 5.19. The molecule has 0 spiro atoms. The summed E-state index contributed by atoms with van der Waals surface area (Å²) in [5.74, 6) is -0.945. The van der Waals surface area contributed by atoms with Crippen molar-refractivity contribution in [1.29, 1.82) is 0 Å². The molecule has 0 N–H and O–H groups in total. The van der Waals surface area contributed by atoms with E-state index >= 15 is 0 Å². The van der Waals surface area contributed by atoms with E-state index < -0.39 is 11.9 Å². The van der Waals surface area contributed by atoms with E-state index in [-0.39, 0.29) is 12.0 Å². The summed E-state index contributed by atoms with van der Waals surface area (Å²) in [5.41, 5.74) is 0.149. The normalized spacial score (nSPS) is 9.31.